The minimum atomic E-state index is -1.09. The quantitative estimate of drug-likeness (QED) is 0.839. The third-order valence-electron chi connectivity index (χ3n) is 4.34. The molecule has 0 atom stereocenters. The van der Waals surface area contributed by atoms with Crippen molar-refractivity contribution < 1.29 is 19.1 Å². The van der Waals surface area contributed by atoms with Crippen LogP contribution in [0.4, 0.5) is 11.4 Å². The molecule has 1 aliphatic heterocycles. The molecule has 0 radical (unpaired) electrons. The number of carbonyl (C=O) groups is 3. The third kappa shape index (κ3) is 3.10. The number of aryl methyl sites for hydroxylation is 2. The van der Waals surface area contributed by atoms with Gasteiger partial charge in [-0.3, -0.25) is 14.5 Å². The van der Waals surface area contributed by atoms with E-state index in [1.54, 1.807) is 44.2 Å². The van der Waals surface area contributed by atoms with Crippen molar-refractivity contribution in [3.05, 3.63) is 45.6 Å². The molecule has 1 aromatic carbocycles. The van der Waals surface area contributed by atoms with E-state index in [9.17, 15) is 14.4 Å². The molecule has 7 heteroatoms. The van der Waals surface area contributed by atoms with Crippen LogP contribution < -0.4 is 10.2 Å². The Morgan fingerprint density at radius 2 is 1.92 bits per heavy atom. The van der Waals surface area contributed by atoms with Crippen molar-refractivity contribution in [2.75, 3.05) is 16.8 Å². The van der Waals surface area contributed by atoms with Gasteiger partial charge < -0.3 is 10.1 Å². The van der Waals surface area contributed by atoms with Crippen LogP contribution in [-0.4, -0.2) is 29.9 Å². The number of fused-ring (bicyclic) bond motifs is 1. The van der Waals surface area contributed by atoms with E-state index < -0.39 is 24.0 Å². The van der Waals surface area contributed by atoms with Gasteiger partial charge in [-0.1, -0.05) is 12.1 Å². The van der Waals surface area contributed by atoms with Crippen LogP contribution in [0.25, 0.3) is 0 Å². The molecule has 3 rings (SSSR count). The molecular formula is C19H20N2O4S. The number of nitrogens with zero attached hydrogens (tertiary/aromatic N) is 1. The highest BCUT2D eigenvalue weighted by atomic mass is 32.1. The van der Waals surface area contributed by atoms with Gasteiger partial charge in [0.25, 0.3) is 5.91 Å². The largest absolute Gasteiger partial charge is 0.452 e. The maximum atomic E-state index is 12.8. The van der Waals surface area contributed by atoms with E-state index in [0.717, 1.165) is 9.75 Å². The summed E-state index contributed by atoms with van der Waals surface area (Å²) in [4.78, 5) is 40.7. The van der Waals surface area contributed by atoms with E-state index in [1.165, 1.54) is 16.2 Å². The monoisotopic (exact) mass is 372 g/mol. The van der Waals surface area contributed by atoms with Crippen molar-refractivity contribution in [2.24, 2.45) is 0 Å². The van der Waals surface area contributed by atoms with Crippen molar-refractivity contribution in [1.82, 2.24) is 0 Å². The Labute approximate surface area is 155 Å². The summed E-state index contributed by atoms with van der Waals surface area (Å²) in [5.74, 6) is -1.27. The molecule has 1 aliphatic rings. The molecular weight excluding hydrogens is 352 g/mol. The summed E-state index contributed by atoms with van der Waals surface area (Å²) >= 11 is 1.50. The number of anilines is 2. The molecule has 0 fully saturated rings. The van der Waals surface area contributed by atoms with Gasteiger partial charge in [-0.2, -0.15) is 0 Å². The lowest BCUT2D eigenvalue weighted by atomic mass is 9.96. The molecule has 2 amide bonds. The van der Waals surface area contributed by atoms with Crippen LogP contribution in [0.3, 0.4) is 0 Å². The summed E-state index contributed by atoms with van der Waals surface area (Å²) in [5.41, 5.74) is 0.519. The highest BCUT2D eigenvalue weighted by Crippen LogP contribution is 2.36. The van der Waals surface area contributed by atoms with Gasteiger partial charge in [-0.25, -0.2) is 4.79 Å². The van der Waals surface area contributed by atoms with Crippen LogP contribution >= 0.6 is 11.3 Å². The minimum absolute atomic E-state index is 0.291. The van der Waals surface area contributed by atoms with Crippen LogP contribution in [-0.2, 0) is 14.3 Å². The molecule has 136 valence electrons. The van der Waals surface area contributed by atoms with Crippen LogP contribution in [0.1, 0.15) is 34.0 Å². The maximum Gasteiger partial charge on any atom is 0.339 e. The van der Waals surface area contributed by atoms with Gasteiger partial charge in [0.15, 0.2) is 6.61 Å². The SMILES string of the molecule is Cc1cc(C(=O)OCC(=O)N2c3ccccc3NC(=O)C2(C)C)c(C)s1. The standard InChI is InChI=1S/C19H20N2O4S/c1-11-9-13(12(2)26-11)17(23)25-10-16(22)21-15-8-6-5-7-14(15)20-18(24)19(21,3)4/h5-9H,10H2,1-4H3,(H,20,24). The second-order valence-corrected chi connectivity index (χ2v) is 8.12. The highest BCUT2D eigenvalue weighted by molar-refractivity contribution is 7.12. The van der Waals surface area contributed by atoms with Crippen molar-refractivity contribution in [2.45, 2.75) is 33.2 Å². The number of hydrogen-bond acceptors (Lipinski definition) is 5. The van der Waals surface area contributed by atoms with Gasteiger partial charge >= 0.3 is 5.97 Å². The molecule has 0 spiro atoms. The Balaban J connectivity index is 1.81. The zero-order chi connectivity index (χ0) is 19.1. The maximum absolute atomic E-state index is 12.8. The number of amides is 2. The number of para-hydroxylation sites is 2. The normalized spacial score (nSPS) is 15.2. The Morgan fingerprint density at radius 3 is 2.58 bits per heavy atom. The lowest BCUT2D eigenvalue weighted by Gasteiger charge is -2.41. The first-order chi connectivity index (χ1) is 12.2. The topological polar surface area (TPSA) is 75.7 Å². The molecule has 1 N–H and O–H groups in total. The van der Waals surface area contributed by atoms with Gasteiger partial charge in [0.1, 0.15) is 5.54 Å². The van der Waals surface area contributed by atoms with E-state index >= 15 is 0 Å². The smallest absolute Gasteiger partial charge is 0.339 e. The zero-order valence-corrected chi connectivity index (χ0v) is 15.9. The number of carbonyl (C=O) groups excluding carboxylic acids is 3. The van der Waals surface area contributed by atoms with Gasteiger partial charge in [0, 0.05) is 9.75 Å². The molecule has 0 aliphatic carbocycles. The van der Waals surface area contributed by atoms with E-state index in [-0.39, 0.29) is 5.91 Å². The number of nitrogens with one attached hydrogen (secondary N) is 1. The van der Waals surface area contributed by atoms with Crippen LogP contribution in [0.15, 0.2) is 30.3 Å². The average molecular weight is 372 g/mol. The van der Waals surface area contributed by atoms with E-state index in [1.807, 2.05) is 13.8 Å². The van der Waals surface area contributed by atoms with E-state index in [0.29, 0.717) is 16.9 Å². The van der Waals surface area contributed by atoms with Gasteiger partial charge in [-0.15, -0.1) is 11.3 Å². The highest BCUT2D eigenvalue weighted by Gasteiger charge is 2.43. The Bertz CT molecular complexity index is 901. The predicted molar refractivity (Wildman–Crippen MR) is 101 cm³/mol. The minimum Gasteiger partial charge on any atom is -0.452 e. The first-order valence-corrected chi connectivity index (χ1v) is 9.01. The molecule has 2 heterocycles. The lowest BCUT2D eigenvalue weighted by Crippen LogP contribution is -2.59. The Kier molecular flexibility index (Phi) is 4.58. The average Bonchev–Trinajstić information content (AvgIpc) is 2.92. The molecule has 2 aromatic rings. The van der Waals surface area contributed by atoms with Crippen molar-refractivity contribution >= 4 is 40.5 Å². The van der Waals surface area contributed by atoms with Crippen LogP contribution in [0, 0.1) is 13.8 Å². The molecule has 0 bridgehead atoms. The summed E-state index contributed by atoms with van der Waals surface area (Å²) in [5, 5.41) is 2.80. The molecule has 1 aromatic heterocycles. The zero-order valence-electron chi connectivity index (χ0n) is 15.1. The summed E-state index contributed by atoms with van der Waals surface area (Å²) in [6.07, 6.45) is 0. The Hall–Kier alpha value is -2.67. The lowest BCUT2D eigenvalue weighted by molar-refractivity contribution is -0.128. The number of esters is 1. The Morgan fingerprint density at radius 1 is 1.23 bits per heavy atom. The van der Waals surface area contributed by atoms with E-state index in [4.69, 9.17) is 4.74 Å². The second-order valence-electron chi connectivity index (χ2n) is 6.66. The van der Waals surface area contributed by atoms with Gasteiger partial charge in [-0.05, 0) is 45.9 Å². The van der Waals surface area contributed by atoms with Crippen LogP contribution in [0.5, 0.6) is 0 Å². The number of benzene rings is 1. The molecule has 6 nitrogen and oxygen atoms in total. The summed E-state index contributed by atoms with van der Waals surface area (Å²) in [6.45, 7) is 6.63. The summed E-state index contributed by atoms with van der Waals surface area (Å²) in [6, 6.07) is 8.80. The fourth-order valence-corrected chi connectivity index (χ4v) is 3.91. The fourth-order valence-electron chi connectivity index (χ4n) is 3.00. The van der Waals surface area contributed by atoms with Gasteiger partial charge in [0.05, 0.1) is 16.9 Å². The molecule has 0 saturated heterocycles. The van der Waals surface area contributed by atoms with Crippen molar-refractivity contribution in [3.63, 3.8) is 0 Å². The van der Waals surface area contributed by atoms with E-state index in [2.05, 4.69) is 5.32 Å². The van der Waals surface area contributed by atoms with Crippen molar-refractivity contribution in [1.29, 1.82) is 0 Å². The number of ether oxygens (including phenoxy) is 1. The summed E-state index contributed by atoms with van der Waals surface area (Å²) < 4.78 is 5.23. The summed E-state index contributed by atoms with van der Waals surface area (Å²) in [7, 11) is 0. The van der Waals surface area contributed by atoms with Crippen LogP contribution in [0.2, 0.25) is 0 Å². The third-order valence-corrected chi connectivity index (χ3v) is 5.31. The number of rotatable bonds is 3. The van der Waals surface area contributed by atoms with Gasteiger partial charge in [0.2, 0.25) is 5.91 Å². The molecule has 0 saturated carbocycles. The molecule has 26 heavy (non-hydrogen) atoms. The first kappa shape index (κ1) is 18.1. The fraction of sp³-hybridized carbons (Fsp3) is 0.316. The molecule has 0 unspecified atom stereocenters. The first-order valence-electron chi connectivity index (χ1n) is 8.19. The number of thiophene rings is 1. The number of hydrogen-bond donors (Lipinski definition) is 1. The second kappa shape index (κ2) is 6.57. The van der Waals surface area contributed by atoms with Crippen molar-refractivity contribution in [3.8, 4) is 0 Å². The predicted octanol–water partition coefficient (Wildman–Crippen LogP) is 3.29.